The Labute approximate surface area is 242 Å². The monoisotopic (exact) mass is 593 g/mol. The first-order valence-corrected chi connectivity index (χ1v) is 15.8. The molecule has 0 bridgehead atoms. The van der Waals surface area contributed by atoms with E-state index in [0.29, 0.717) is 25.4 Å². The fourth-order valence-electron chi connectivity index (χ4n) is 4.58. The average molecular weight is 594 g/mol. The highest BCUT2D eigenvalue weighted by molar-refractivity contribution is 8.07. The van der Waals surface area contributed by atoms with E-state index in [2.05, 4.69) is 26.5 Å². The highest BCUT2D eigenvalue weighted by atomic mass is 32.5. The number of esters is 1. The molecule has 220 valence electrons. The number of nitrogens with zero attached hydrogens (tertiary/aromatic N) is 1. The molecule has 11 heteroatoms. The Kier molecular flexibility index (Phi) is 12.0. The third-order valence-corrected chi connectivity index (χ3v) is 9.23. The quantitative estimate of drug-likeness (QED) is 0.0811. The van der Waals surface area contributed by atoms with Gasteiger partial charge in [0.25, 0.3) is 5.69 Å². The van der Waals surface area contributed by atoms with E-state index in [1.807, 2.05) is 20.8 Å². The van der Waals surface area contributed by atoms with Crippen LogP contribution in [-0.2, 0) is 35.2 Å². The normalized spacial score (nSPS) is 21.2. The molecule has 0 aliphatic heterocycles. The number of rotatable bonds is 12. The van der Waals surface area contributed by atoms with E-state index in [1.165, 1.54) is 29.8 Å². The molecule has 0 radical (unpaired) electrons. The van der Waals surface area contributed by atoms with E-state index in [0.717, 1.165) is 11.1 Å². The Morgan fingerprint density at radius 2 is 1.77 bits per heavy atom. The number of Topliss-reactive ketones (excluding diaryl/α,β-unsaturated/α-hetero) is 1. The third-order valence-electron chi connectivity index (χ3n) is 6.79. The maximum absolute atomic E-state index is 12.5. The summed E-state index contributed by atoms with van der Waals surface area (Å²) >= 11 is 5.18. The number of ether oxygens (including phenoxy) is 1. The lowest BCUT2D eigenvalue weighted by Gasteiger charge is -2.20. The van der Waals surface area contributed by atoms with Crippen LogP contribution in [0.5, 0.6) is 5.75 Å². The van der Waals surface area contributed by atoms with E-state index in [9.17, 15) is 19.7 Å². The number of hydrogen-bond acceptors (Lipinski definition) is 9. The van der Waals surface area contributed by atoms with Crippen molar-refractivity contribution < 1.29 is 32.8 Å². The van der Waals surface area contributed by atoms with Gasteiger partial charge in [0.2, 0.25) is 0 Å². The van der Waals surface area contributed by atoms with Gasteiger partial charge in [0.15, 0.2) is 5.78 Å². The standard InChI is InChI=1S/C19H26O3.C10H14NO5PS/c1-7-8-13-12(4)16(10-15(13)20)22-18(21)17-14(9-11(2)3)19(17,5)6;1-3-14-17(18,15-4-2)16-10-7-5-9(6-8-10)11(12)13/h7,9,14,16-17H,1,8,10H2,2-6H3;5-8H,3-4H2,1-2H3. The molecule has 3 atom stereocenters. The number of nitro benzene ring substituents is 1. The smallest absolute Gasteiger partial charge is 0.380 e. The molecule has 0 saturated heterocycles. The number of carbonyl (C=O) groups is 2. The highest BCUT2D eigenvalue weighted by Gasteiger charge is 2.61. The molecule has 3 rings (SSSR count). The number of carbonyl (C=O) groups excluding carboxylic acids is 2. The maximum Gasteiger partial charge on any atom is 0.380 e. The Hall–Kier alpha value is -2.65. The summed E-state index contributed by atoms with van der Waals surface area (Å²) in [6.07, 6.45) is 4.31. The van der Waals surface area contributed by atoms with Crippen LogP contribution in [-0.4, -0.2) is 36.0 Å². The Morgan fingerprint density at radius 3 is 2.25 bits per heavy atom. The predicted molar refractivity (Wildman–Crippen MR) is 158 cm³/mol. The Bertz CT molecular complexity index is 1210. The van der Waals surface area contributed by atoms with E-state index in [4.69, 9.17) is 30.1 Å². The molecule has 0 N–H and O–H groups in total. The molecular formula is C29H40NO8PS. The van der Waals surface area contributed by atoms with Gasteiger partial charge in [-0.1, -0.05) is 31.6 Å². The number of hydrogen-bond donors (Lipinski definition) is 0. The minimum atomic E-state index is -2.82. The van der Waals surface area contributed by atoms with Crippen LogP contribution in [0, 0.1) is 27.4 Å². The van der Waals surface area contributed by atoms with E-state index >= 15 is 0 Å². The summed E-state index contributed by atoms with van der Waals surface area (Å²) in [6, 6.07) is 5.62. The largest absolute Gasteiger partial charge is 0.457 e. The molecule has 3 unspecified atom stereocenters. The number of allylic oxidation sites excluding steroid dienone is 4. The van der Waals surface area contributed by atoms with Crippen molar-refractivity contribution in [3.63, 3.8) is 0 Å². The van der Waals surface area contributed by atoms with Crippen LogP contribution >= 0.6 is 6.72 Å². The summed E-state index contributed by atoms with van der Waals surface area (Å²) in [5.74, 6) is 0.425. The summed E-state index contributed by atoms with van der Waals surface area (Å²) in [6.45, 7) is 15.3. The topological polar surface area (TPSA) is 114 Å². The summed E-state index contributed by atoms with van der Waals surface area (Å²) in [7, 11) is 0. The second kappa shape index (κ2) is 14.3. The van der Waals surface area contributed by atoms with Crippen LogP contribution in [0.25, 0.3) is 0 Å². The minimum Gasteiger partial charge on any atom is -0.457 e. The molecule has 0 heterocycles. The first-order chi connectivity index (χ1) is 18.7. The molecule has 0 amide bonds. The van der Waals surface area contributed by atoms with Crippen molar-refractivity contribution in [2.24, 2.45) is 17.3 Å². The molecule has 2 aliphatic carbocycles. The van der Waals surface area contributed by atoms with Crippen molar-refractivity contribution in [2.45, 2.75) is 67.4 Å². The molecule has 2 aliphatic rings. The summed E-state index contributed by atoms with van der Waals surface area (Å²) in [5, 5.41) is 10.5. The van der Waals surface area contributed by atoms with E-state index in [-0.39, 0.29) is 41.1 Å². The first kappa shape index (κ1) is 33.6. The van der Waals surface area contributed by atoms with Gasteiger partial charge in [-0.3, -0.25) is 28.8 Å². The van der Waals surface area contributed by atoms with Crippen LogP contribution in [0.15, 0.2) is 59.7 Å². The van der Waals surface area contributed by atoms with Crippen molar-refractivity contribution in [1.29, 1.82) is 0 Å². The third kappa shape index (κ3) is 8.67. The predicted octanol–water partition coefficient (Wildman–Crippen LogP) is 7.27. The van der Waals surface area contributed by atoms with Crippen LogP contribution in [0.3, 0.4) is 0 Å². The molecule has 9 nitrogen and oxygen atoms in total. The summed E-state index contributed by atoms with van der Waals surface area (Å²) in [4.78, 5) is 34.5. The molecule has 40 heavy (non-hydrogen) atoms. The van der Waals surface area contributed by atoms with Gasteiger partial charge >= 0.3 is 12.7 Å². The van der Waals surface area contributed by atoms with Gasteiger partial charge in [0, 0.05) is 29.5 Å². The summed E-state index contributed by atoms with van der Waals surface area (Å²) < 4.78 is 21.7. The van der Waals surface area contributed by atoms with Crippen LogP contribution in [0.2, 0.25) is 0 Å². The molecule has 1 fully saturated rings. The lowest BCUT2D eigenvalue weighted by atomic mass is 10.1. The second-order valence-electron chi connectivity index (χ2n) is 10.4. The van der Waals surface area contributed by atoms with Crippen molar-refractivity contribution in [2.75, 3.05) is 13.2 Å². The van der Waals surface area contributed by atoms with Crippen molar-refractivity contribution in [3.05, 3.63) is 69.8 Å². The molecule has 0 spiro atoms. The van der Waals surface area contributed by atoms with Gasteiger partial charge in [-0.15, -0.1) is 6.58 Å². The zero-order valence-corrected chi connectivity index (χ0v) is 26.0. The molecule has 1 saturated carbocycles. The van der Waals surface area contributed by atoms with Gasteiger partial charge in [0.05, 0.1) is 30.5 Å². The molecular weight excluding hydrogens is 553 g/mol. The van der Waals surface area contributed by atoms with E-state index in [1.54, 1.807) is 19.9 Å². The van der Waals surface area contributed by atoms with Gasteiger partial charge in [-0.2, -0.15) is 0 Å². The first-order valence-electron chi connectivity index (χ1n) is 13.2. The number of ketones is 1. The number of non-ortho nitro benzene ring substituents is 1. The van der Waals surface area contributed by atoms with Crippen molar-refractivity contribution in [3.8, 4) is 5.75 Å². The molecule has 0 aromatic heterocycles. The lowest BCUT2D eigenvalue weighted by molar-refractivity contribution is -0.384. The van der Waals surface area contributed by atoms with Crippen molar-refractivity contribution >= 4 is 36.0 Å². The van der Waals surface area contributed by atoms with Crippen LogP contribution < -0.4 is 4.52 Å². The summed E-state index contributed by atoms with van der Waals surface area (Å²) in [5.41, 5.74) is 2.79. The fourth-order valence-corrected chi connectivity index (χ4v) is 6.67. The minimum absolute atomic E-state index is 0.0107. The molecule has 1 aromatic carbocycles. The number of benzene rings is 1. The lowest BCUT2D eigenvalue weighted by Crippen LogP contribution is -2.20. The SMILES string of the molecule is C=CCC1=C(C)C(OC(=O)C2C(C=C(C)C)C2(C)C)CC1=O.CCOP(=S)(OCC)Oc1ccc([N+](=O)[O-])cc1. The van der Waals surface area contributed by atoms with Gasteiger partial charge in [0.1, 0.15) is 11.9 Å². The number of nitro groups is 1. The van der Waals surface area contributed by atoms with Crippen LogP contribution in [0.1, 0.15) is 61.3 Å². The zero-order valence-electron chi connectivity index (χ0n) is 24.3. The van der Waals surface area contributed by atoms with Crippen LogP contribution in [0.4, 0.5) is 5.69 Å². The Morgan fingerprint density at radius 1 is 1.20 bits per heavy atom. The van der Waals surface area contributed by atoms with E-state index < -0.39 is 17.7 Å². The maximum atomic E-state index is 12.5. The fraction of sp³-hybridized carbons (Fsp3) is 0.517. The molecule has 1 aromatic rings. The second-order valence-corrected chi connectivity index (χ2v) is 13.3. The zero-order chi connectivity index (χ0) is 30.3. The van der Waals surface area contributed by atoms with Gasteiger partial charge < -0.3 is 9.26 Å². The highest BCUT2D eigenvalue weighted by Crippen LogP contribution is 2.60. The van der Waals surface area contributed by atoms with Crippen molar-refractivity contribution in [1.82, 2.24) is 0 Å². The van der Waals surface area contributed by atoms with Gasteiger partial charge in [-0.25, -0.2) is 0 Å². The van der Waals surface area contributed by atoms with Gasteiger partial charge in [-0.05, 0) is 70.1 Å². The Balaban J connectivity index is 0.000000286. The average Bonchev–Trinajstić information content (AvgIpc) is 3.29.